The van der Waals surface area contributed by atoms with Gasteiger partial charge in [0.25, 0.3) is 0 Å². The molecule has 1 fully saturated rings. The number of amides is 1. The molecular formula is C15H30N4O3. The highest BCUT2D eigenvalue weighted by Gasteiger charge is 2.13. The summed E-state index contributed by atoms with van der Waals surface area (Å²) >= 11 is 0. The molecule has 1 rings (SSSR count). The van der Waals surface area contributed by atoms with Gasteiger partial charge in [-0.3, -0.25) is 4.79 Å². The van der Waals surface area contributed by atoms with E-state index in [1.165, 1.54) is 4.90 Å². The Morgan fingerprint density at radius 1 is 1.32 bits per heavy atom. The third-order valence-electron chi connectivity index (χ3n) is 3.35. The van der Waals surface area contributed by atoms with Crippen molar-refractivity contribution in [1.82, 2.24) is 15.5 Å². The molecule has 0 aromatic rings. The van der Waals surface area contributed by atoms with Gasteiger partial charge >= 0.3 is 0 Å². The average Bonchev–Trinajstić information content (AvgIpc) is 2.52. The number of likely N-dealkylation sites (N-methyl/N-ethyl adjacent to an activating group) is 1. The molecule has 0 atom stereocenters. The minimum Gasteiger partial charge on any atom is -0.381 e. The lowest BCUT2D eigenvalue weighted by molar-refractivity contribution is -0.127. The van der Waals surface area contributed by atoms with Crippen LogP contribution in [0.3, 0.4) is 0 Å². The van der Waals surface area contributed by atoms with Gasteiger partial charge in [-0.15, -0.1) is 0 Å². The second-order valence-corrected chi connectivity index (χ2v) is 5.45. The van der Waals surface area contributed by atoms with Crippen LogP contribution in [-0.4, -0.2) is 76.4 Å². The molecule has 0 radical (unpaired) electrons. The summed E-state index contributed by atoms with van der Waals surface area (Å²) in [4.78, 5) is 17.3. The van der Waals surface area contributed by atoms with Crippen molar-refractivity contribution < 1.29 is 14.3 Å². The smallest absolute Gasteiger partial charge is 0.243 e. The zero-order valence-electron chi connectivity index (χ0n) is 14.1. The van der Waals surface area contributed by atoms with E-state index in [0.29, 0.717) is 12.1 Å². The Bertz CT molecular complexity index is 342. The molecule has 7 heteroatoms. The van der Waals surface area contributed by atoms with Crippen LogP contribution < -0.4 is 10.6 Å². The van der Waals surface area contributed by atoms with Crippen molar-refractivity contribution in [3.05, 3.63) is 0 Å². The molecule has 1 aliphatic rings. The molecule has 1 saturated heterocycles. The van der Waals surface area contributed by atoms with Gasteiger partial charge in [0.1, 0.15) is 6.54 Å². The minimum absolute atomic E-state index is 0.0138. The first-order valence-corrected chi connectivity index (χ1v) is 8.05. The lowest BCUT2D eigenvalue weighted by atomic mass is 10.1. The van der Waals surface area contributed by atoms with Crippen LogP contribution in [0.25, 0.3) is 0 Å². The van der Waals surface area contributed by atoms with E-state index in [1.807, 2.05) is 6.92 Å². The van der Waals surface area contributed by atoms with Gasteiger partial charge in [0.15, 0.2) is 5.96 Å². The lowest BCUT2D eigenvalue weighted by Crippen LogP contribution is -2.39. The van der Waals surface area contributed by atoms with Crippen molar-refractivity contribution >= 4 is 11.9 Å². The number of guanidine groups is 1. The molecule has 22 heavy (non-hydrogen) atoms. The standard InChI is InChI=1S/C15H30N4O3/c1-4-16-15(18-12-14(20)19(2)3)17-8-5-9-22-13-6-10-21-11-7-13/h13H,4-12H2,1-3H3,(H2,16,17,18). The second-order valence-electron chi connectivity index (χ2n) is 5.45. The number of nitrogens with one attached hydrogen (secondary N) is 2. The zero-order chi connectivity index (χ0) is 16.2. The molecule has 2 N–H and O–H groups in total. The first-order valence-electron chi connectivity index (χ1n) is 8.05. The average molecular weight is 314 g/mol. The number of carbonyl (C=O) groups is 1. The largest absolute Gasteiger partial charge is 0.381 e. The summed E-state index contributed by atoms with van der Waals surface area (Å²) < 4.78 is 11.1. The number of rotatable bonds is 8. The van der Waals surface area contributed by atoms with Crippen LogP contribution in [0, 0.1) is 0 Å². The van der Waals surface area contributed by atoms with Gasteiger partial charge in [0.2, 0.25) is 5.91 Å². The highest BCUT2D eigenvalue weighted by molar-refractivity contribution is 5.84. The van der Waals surface area contributed by atoms with Crippen molar-refractivity contribution in [2.24, 2.45) is 4.99 Å². The Morgan fingerprint density at radius 2 is 2.05 bits per heavy atom. The molecule has 0 aromatic heterocycles. The summed E-state index contributed by atoms with van der Waals surface area (Å²) in [5.41, 5.74) is 0. The molecule has 0 spiro atoms. The maximum Gasteiger partial charge on any atom is 0.243 e. The normalized spacial score (nSPS) is 16.4. The quantitative estimate of drug-likeness (QED) is 0.381. The van der Waals surface area contributed by atoms with Crippen molar-refractivity contribution in [2.45, 2.75) is 32.3 Å². The summed E-state index contributed by atoms with van der Waals surface area (Å²) in [5, 5.41) is 6.34. The Labute approximate surface area is 133 Å². The van der Waals surface area contributed by atoms with Gasteiger partial charge < -0.3 is 25.0 Å². The fourth-order valence-corrected chi connectivity index (χ4v) is 2.00. The predicted molar refractivity (Wildman–Crippen MR) is 87.1 cm³/mol. The van der Waals surface area contributed by atoms with E-state index in [-0.39, 0.29) is 12.5 Å². The van der Waals surface area contributed by atoms with Crippen LogP contribution in [-0.2, 0) is 14.3 Å². The molecule has 0 aromatic carbocycles. The molecule has 1 heterocycles. The van der Waals surface area contributed by atoms with Gasteiger partial charge in [0.05, 0.1) is 6.10 Å². The van der Waals surface area contributed by atoms with Crippen LogP contribution in [0.2, 0.25) is 0 Å². The van der Waals surface area contributed by atoms with Gasteiger partial charge in [-0.05, 0) is 26.2 Å². The Morgan fingerprint density at radius 3 is 2.68 bits per heavy atom. The molecule has 1 aliphatic heterocycles. The van der Waals surface area contributed by atoms with Crippen LogP contribution in [0.1, 0.15) is 26.2 Å². The lowest BCUT2D eigenvalue weighted by Gasteiger charge is -2.22. The summed E-state index contributed by atoms with van der Waals surface area (Å²) in [5.74, 6) is 0.656. The molecule has 0 saturated carbocycles. The van der Waals surface area contributed by atoms with E-state index in [2.05, 4.69) is 15.6 Å². The van der Waals surface area contributed by atoms with Crippen molar-refractivity contribution in [2.75, 3.05) is 53.6 Å². The first-order chi connectivity index (χ1) is 10.6. The SMILES string of the molecule is CCNC(=NCC(=O)N(C)C)NCCCOC1CCOCC1. The molecule has 0 unspecified atom stereocenters. The van der Waals surface area contributed by atoms with Gasteiger partial charge in [-0.1, -0.05) is 0 Å². The summed E-state index contributed by atoms with van der Waals surface area (Å²) in [7, 11) is 3.46. The maximum absolute atomic E-state index is 11.5. The molecule has 0 aliphatic carbocycles. The molecule has 1 amide bonds. The number of carbonyl (C=O) groups excluding carboxylic acids is 1. The van der Waals surface area contributed by atoms with E-state index in [4.69, 9.17) is 9.47 Å². The zero-order valence-corrected chi connectivity index (χ0v) is 14.1. The van der Waals surface area contributed by atoms with Crippen molar-refractivity contribution in [3.63, 3.8) is 0 Å². The van der Waals surface area contributed by atoms with Gasteiger partial charge in [-0.2, -0.15) is 0 Å². The van der Waals surface area contributed by atoms with E-state index < -0.39 is 0 Å². The molecule has 7 nitrogen and oxygen atoms in total. The third kappa shape index (κ3) is 8.19. The Hall–Kier alpha value is -1.34. The Balaban J connectivity index is 2.17. The van der Waals surface area contributed by atoms with Crippen LogP contribution in [0.15, 0.2) is 4.99 Å². The van der Waals surface area contributed by atoms with Crippen molar-refractivity contribution in [1.29, 1.82) is 0 Å². The van der Waals surface area contributed by atoms with Crippen LogP contribution in [0.5, 0.6) is 0 Å². The molecule has 128 valence electrons. The van der Waals surface area contributed by atoms with Crippen LogP contribution >= 0.6 is 0 Å². The fourth-order valence-electron chi connectivity index (χ4n) is 2.00. The monoisotopic (exact) mass is 314 g/mol. The second kappa shape index (κ2) is 11.3. The molecule has 0 bridgehead atoms. The van der Waals surface area contributed by atoms with Crippen LogP contribution in [0.4, 0.5) is 0 Å². The van der Waals surface area contributed by atoms with Gasteiger partial charge in [0, 0.05) is 47.0 Å². The first kappa shape index (κ1) is 18.7. The summed E-state index contributed by atoms with van der Waals surface area (Å²) in [6.45, 7) is 6.03. The summed E-state index contributed by atoms with van der Waals surface area (Å²) in [6.07, 6.45) is 3.23. The fraction of sp³-hybridized carbons (Fsp3) is 0.867. The van der Waals surface area contributed by atoms with Crippen molar-refractivity contribution in [3.8, 4) is 0 Å². The molecular weight excluding hydrogens is 284 g/mol. The highest BCUT2D eigenvalue weighted by Crippen LogP contribution is 2.10. The number of hydrogen-bond donors (Lipinski definition) is 2. The number of hydrogen-bond acceptors (Lipinski definition) is 4. The number of nitrogens with zero attached hydrogens (tertiary/aromatic N) is 2. The maximum atomic E-state index is 11.5. The Kier molecular flexibility index (Phi) is 9.57. The third-order valence-corrected chi connectivity index (χ3v) is 3.35. The highest BCUT2D eigenvalue weighted by atomic mass is 16.5. The van der Waals surface area contributed by atoms with E-state index in [0.717, 1.165) is 52.2 Å². The number of ether oxygens (including phenoxy) is 2. The topological polar surface area (TPSA) is 75.2 Å². The van der Waals surface area contributed by atoms with E-state index in [9.17, 15) is 4.79 Å². The van der Waals surface area contributed by atoms with Gasteiger partial charge in [-0.25, -0.2) is 4.99 Å². The summed E-state index contributed by atoms with van der Waals surface area (Å²) in [6, 6.07) is 0. The van der Waals surface area contributed by atoms with E-state index >= 15 is 0 Å². The van der Waals surface area contributed by atoms with E-state index in [1.54, 1.807) is 14.1 Å². The predicted octanol–water partition coefficient (Wildman–Crippen LogP) is 0.215. The minimum atomic E-state index is -0.0138. The number of aliphatic imine (C=N–C) groups is 1.